The molecule has 1 N–H and O–H groups in total. The van der Waals surface area contributed by atoms with Crippen LogP contribution < -0.4 is 5.32 Å². The Kier molecular flexibility index (Phi) is 5.16. The van der Waals surface area contributed by atoms with Gasteiger partial charge in [0.15, 0.2) is 5.13 Å². The van der Waals surface area contributed by atoms with Crippen molar-refractivity contribution in [3.63, 3.8) is 0 Å². The molecule has 0 bridgehead atoms. The summed E-state index contributed by atoms with van der Waals surface area (Å²) in [5, 5.41) is 7.74. The Morgan fingerprint density at radius 3 is 2.55 bits per heavy atom. The van der Waals surface area contributed by atoms with Gasteiger partial charge in [0.1, 0.15) is 0 Å². The summed E-state index contributed by atoms with van der Waals surface area (Å²) in [6, 6.07) is 0. The van der Waals surface area contributed by atoms with Crippen LogP contribution in [-0.2, 0) is 6.42 Å². The number of hydrogen-bond acceptors (Lipinski definition) is 5. The molecular formula is C15H23N3S2. The first-order valence-electron chi connectivity index (χ1n) is 7.11. The van der Waals surface area contributed by atoms with Gasteiger partial charge in [0.25, 0.3) is 0 Å². The van der Waals surface area contributed by atoms with Crippen molar-refractivity contribution >= 4 is 27.8 Å². The minimum Gasteiger partial charge on any atom is -0.361 e. The van der Waals surface area contributed by atoms with E-state index in [0.717, 1.165) is 29.5 Å². The van der Waals surface area contributed by atoms with Gasteiger partial charge >= 0.3 is 0 Å². The molecule has 2 aromatic heterocycles. The molecular weight excluding hydrogens is 286 g/mol. The number of nitrogens with one attached hydrogen (secondary N) is 1. The van der Waals surface area contributed by atoms with E-state index >= 15 is 0 Å². The zero-order valence-electron chi connectivity index (χ0n) is 12.9. The lowest BCUT2D eigenvalue weighted by Crippen LogP contribution is -2.07. The summed E-state index contributed by atoms with van der Waals surface area (Å²) >= 11 is 3.46. The summed E-state index contributed by atoms with van der Waals surface area (Å²) in [4.78, 5) is 10.6. The molecule has 0 aliphatic carbocycles. The van der Waals surface area contributed by atoms with Crippen LogP contribution in [0.5, 0.6) is 0 Å². The zero-order chi connectivity index (χ0) is 14.7. The van der Waals surface area contributed by atoms with Gasteiger partial charge in [-0.2, -0.15) is 0 Å². The highest BCUT2D eigenvalue weighted by molar-refractivity contribution is 7.16. The normalized spacial score (nSPS) is 11.6. The van der Waals surface area contributed by atoms with Gasteiger partial charge in [-0.3, -0.25) is 0 Å². The van der Waals surface area contributed by atoms with E-state index in [1.54, 1.807) is 22.7 Å². The van der Waals surface area contributed by atoms with E-state index < -0.39 is 0 Å². The molecule has 20 heavy (non-hydrogen) atoms. The Labute approximate surface area is 129 Å². The van der Waals surface area contributed by atoms with Crippen LogP contribution in [0.3, 0.4) is 0 Å². The molecule has 0 saturated carbocycles. The third kappa shape index (κ3) is 4.03. The lowest BCUT2D eigenvalue weighted by Gasteiger charge is -2.04. The number of thiazole rings is 2. The lowest BCUT2D eigenvalue weighted by atomic mass is 10.1. The fourth-order valence-corrected chi connectivity index (χ4v) is 3.90. The second-order valence-corrected chi connectivity index (χ2v) is 7.87. The number of anilines is 1. The predicted molar refractivity (Wildman–Crippen MR) is 89.8 cm³/mol. The van der Waals surface area contributed by atoms with Gasteiger partial charge in [-0.25, -0.2) is 9.97 Å². The van der Waals surface area contributed by atoms with Crippen molar-refractivity contribution in [1.82, 2.24) is 9.97 Å². The fourth-order valence-electron chi connectivity index (χ4n) is 1.88. The van der Waals surface area contributed by atoms with E-state index in [4.69, 9.17) is 0 Å². The van der Waals surface area contributed by atoms with Gasteiger partial charge in [0.2, 0.25) is 0 Å². The van der Waals surface area contributed by atoms with Crippen LogP contribution in [0.4, 0.5) is 5.13 Å². The Balaban J connectivity index is 2.13. The van der Waals surface area contributed by atoms with Gasteiger partial charge in [0.05, 0.1) is 21.3 Å². The molecule has 5 heteroatoms. The van der Waals surface area contributed by atoms with E-state index in [1.807, 2.05) is 0 Å². The van der Waals surface area contributed by atoms with Crippen molar-refractivity contribution < 1.29 is 0 Å². The Morgan fingerprint density at radius 2 is 1.90 bits per heavy atom. The molecule has 0 atom stereocenters. The molecule has 0 spiro atoms. The summed E-state index contributed by atoms with van der Waals surface area (Å²) in [6.07, 6.45) is 1.05. The van der Waals surface area contributed by atoms with E-state index in [2.05, 4.69) is 55.3 Å². The number of nitrogens with zero attached hydrogens (tertiary/aromatic N) is 2. The monoisotopic (exact) mass is 309 g/mol. The van der Waals surface area contributed by atoms with E-state index in [1.165, 1.54) is 9.88 Å². The molecule has 0 saturated heterocycles. The van der Waals surface area contributed by atoms with E-state index in [0.29, 0.717) is 11.8 Å². The van der Waals surface area contributed by atoms with Gasteiger partial charge in [-0.1, -0.05) is 27.7 Å². The molecule has 2 heterocycles. The van der Waals surface area contributed by atoms with E-state index in [-0.39, 0.29) is 0 Å². The smallest absolute Gasteiger partial charge is 0.183 e. The first kappa shape index (κ1) is 15.4. The highest BCUT2D eigenvalue weighted by Gasteiger charge is 2.13. The molecule has 0 amide bonds. The SMILES string of the molecule is Cc1nc(CC(C)C)sc1-c1csc(NCC(C)C)n1. The second kappa shape index (κ2) is 6.68. The summed E-state index contributed by atoms with van der Waals surface area (Å²) < 4.78 is 0. The highest BCUT2D eigenvalue weighted by atomic mass is 32.1. The van der Waals surface area contributed by atoms with Crippen molar-refractivity contribution in [2.75, 3.05) is 11.9 Å². The molecule has 0 radical (unpaired) electrons. The van der Waals surface area contributed by atoms with Gasteiger partial charge in [-0.15, -0.1) is 22.7 Å². The maximum absolute atomic E-state index is 4.68. The molecule has 110 valence electrons. The van der Waals surface area contributed by atoms with Gasteiger partial charge in [0, 0.05) is 18.3 Å². The highest BCUT2D eigenvalue weighted by Crippen LogP contribution is 2.33. The van der Waals surface area contributed by atoms with Crippen LogP contribution >= 0.6 is 22.7 Å². The molecule has 0 aliphatic rings. The fraction of sp³-hybridized carbons (Fsp3) is 0.600. The van der Waals surface area contributed by atoms with Gasteiger partial charge in [-0.05, 0) is 18.8 Å². The summed E-state index contributed by atoms with van der Waals surface area (Å²) in [5.74, 6) is 1.28. The van der Waals surface area contributed by atoms with E-state index in [9.17, 15) is 0 Å². The van der Waals surface area contributed by atoms with Gasteiger partial charge < -0.3 is 5.32 Å². The summed E-state index contributed by atoms with van der Waals surface area (Å²) in [7, 11) is 0. The number of rotatable bonds is 6. The number of aromatic nitrogens is 2. The standard InChI is InChI=1S/C15H23N3S2/c1-9(2)6-13-17-11(5)14(20-13)12-8-19-15(18-12)16-7-10(3)4/h8-10H,6-7H2,1-5H3,(H,16,18). The topological polar surface area (TPSA) is 37.8 Å². The average Bonchev–Trinajstić information content (AvgIpc) is 2.92. The molecule has 2 aromatic rings. The van der Waals surface area contributed by atoms with Crippen LogP contribution in [0.2, 0.25) is 0 Å². The van der Waals surface area contributed by atoms with Crippen LogP contribution in [0.25, 0.3) is 10.6 Å². The Bertz CT molecular complexity index is 555. The Hall–Kier alpha value is -0.940. The largest absolute Gasteiger partial charge is 0.361 e. The number of hydrogen-bond donors (Lipinski definition) is 1. The molecule has 2 rings (SSSR count). The van der Waals surface area contributed by atoms with Crippen LogP contribution in [-0.4, -0.2) is 16.5 Å². The predicted octanol–water partition coefficient (Wildman–Crippen LogP) is 4.84. The maximum Gasteiger partial charge on any atom is 0.183 e. The second-order valence-electron chi connectivity index (χ2n) is 5.93. The first-order chi connectivity index (χ1) is 9.45. The van der Waals surface area contributed by atoms with Crippen molar-refractivity contribution in [3.8, 4) is 10.6 Å². The minimum absolute atomic E-state index is 0.630. The minimum atomic E-state index is 0.630. The number of aryl methyl sites for hydroxylation is 1. The van der Waals surface area contributed by atoms with Crippen molar-refractivity contribution in [2.24, 2.45) is 11.8 Å². The average molecular weight is 310 g/mol. The van der Waals surface area contributed by atoms with Crippen LogP contribution in [0.1, 0.15) is 38.4 Å². The molecule has 0 aliphatic heterocycles. The third-order valence-corrected chi connectivity index (χ3v) is 4.82. The molecule has 3 nitrogen and oxygen atoms in total. The third-order valence-electron chi connectivity index (χ3n) is 2.82. The van der Waals surface area contributed by atoms with Crippen LogP contribution in [0.15, 0.2) is 5.38 Å². The molecule has 0 fully saturated rings. The van der Waals surface area contributed by atoms with Crippen molar-refractivity contribution in [1.29, 1.82) is 0 Å². The van der Waals surface area contributed by atoms with Crippen molar-refractivity contribution in [2.45, 2.75) is 41.0 Å². The lowest BCUT2D eigenvalue weighted by molar-refractivity contribution is 0.643. The zero-order valence-corrected chi connectivity index (χ0v) is 14.5. The molecule has 0 unspecified atom stereocenters. The molecule has 0 aromatic carbocycles. The summed E-state index contributed by atoms with van der Waals surface area (Å²) in [5.41, 5.74) is 2.16. The Morgan fingerprint density at radius 1 is 1.15 bits per heavy atom. The summed E-state index contributed by atoms with van der Waals surface area (Å²) in [6.45, 7) is 11.9. The van der Waals surface area contributed by atoms with Crippen LogP contribution in [0, 0.1) is 18.8 Å². The van der Waals surface area contributed by atoms with Crippen molar-refractivity contribution in [3.05, 3.63) is 16.1 Å². The maximum atomic E-state index is 4.68. The first-order valence-corrected chi connectivity index (χ1v) is 8.81. The quantitative estimate of drug-likeness (QED) is 0.829.